The molecule has 4 heteroatoms. The molecule has 62 valence electrons. The fraction of sp³-hybridized carbons (Fsp3) is 0.286. The van der Waals surface area contributed by atoms with Crippen molar-refractivity contribution in [1.82, 2.24) is 4.98 Å². The molecular formula is C7H10ClNO2. The molecule has 11 heavy (non-hydrogen) atoms. The zero-order chi connectivity index (χ0) is 7.40. The van der Waals surface area contributed by atoms with E-state index in [2.05, 4.69) is 4.98 Å². The Hall–Kier alpha value is -0.640. The first-order valence-corrected chi connectivity index (χ1v) is 3.03. The first-order chi connectivity index (χ1) is 4.84. The van der Waals surface area contributed by atoms with E-state index in [1.807, 2.05) is 0 Å². The Labute approximate surface area is 71.1 Å². The summed E-state index contributed by atoms with van der Waals surface area (Å²) >= 11 is 0. The summed E-state index contributed by atoms with van der Waals surface area (Å²) in [7, 11) is 0. The average molecular weight is 176 g/mol. The van der Waals surface area contributed by atoms with Crippen LogP contribution in [0.15, 0.2) is 24.5 Å². The minimum atomic E-state index is -0.775. The van der Waals surface area contributed by atoms with E-state index in [9.17, 15) is 0 Å². The molecule has 0 amide bonds. The van der Waals surface area contributed by atoms with Crippen LogP contribution in [0.25, 0.3) is 0 Å². The van der Waals surface area contributed by atoms with Crippen LogP contribution < -0.4 is 0 Å². The molecule has 0 bridgehead atoms. The zero-order valence-corrected chi connectivity index (χ0v) is 6.66. The Morgan fingerprint density at radius 2 is 1.91 bits per heavy atom. The molecule has 0 radical (unpaired) electrons. The fourth-order valence-corrected chi connectivity index (χ4v) is 0.691. The third-order valence-corrected chi connectivity index (χ3v) is 1.26. The molecule has 0 fully saturated rings. The number of aliphatic hydroxyl groups is 2. The van der Waals surface area contributed by atoms with Gasteiger partial charge in [-0.15, -0.1) is 12.4 Å². The molecule has 2 N–H and O–H groups in total. The van der Waals surface area contributed by atoms with Gasteiger partial charge >= 0.3 is 0 Å². The number of hydrogen-bond acceptors (Lipinski definition) is 3. The molecule has 1 heterocycles. The SMILES string of the molecule is Cl.OCC(O)c1ccncc1. The van der Waals surface area contributed by atoms with Crippen LogP contribution in [0.4, 0.5) is 0 Å². The fourth-order valence-electron chi connectivity index (χ4n) is 0.691. The molecule has 3 nitrogen and oxygen atoms in total. The van der Waals surface area contributed by atoms with Crippen molar-refractivity contribution in [3.8, 4) is 0 Å². The summed E-state index contributed by atoms with van der Waals surface area (Å²) in [4.78, 5) is 3.77. The molecule has 1 aromatic heterocycles. The maximum Gasteiger partial charge on any atom is 0.102 e. The predicted octanol–water partition coefficient (Wildman–Crippen LogP) is 0.529. The molecule has 1 atom stereocenters. The first kappa shape index (κ1) is 10.4. The summed E-state index contributed by atoms with van der Waals surface area (Å²) in [5.41, 5.74) is 0.692. The van der Waals surface area contributed by atoms with Crippen molar-refractivity contribution in [3.05, 3.63) is 30.1 Å². The van der Waals surface area contributed by atoms with E-state index in [1.165, 1.54) is 0 Å². The maximum atomic E-state index is 9.05. The van der Waals surface area contributed by atoms with Gasteiger partial charge in [-0.25, -0.2) is 0 Å². The van der Waals surface area contributed by atoms with Gasteiger partial charge in [0.1, 0.15) is 6.10 Å². The molecule has 0 aliphatic rings. The van der Waals surface area contributed by atoms with Gasteiger partial charge in [-0.2, -0.15) is 0 Å². The van der Waals surface area contributed by atoms with Crippen LogP contribution in [0.5, 0.6) is 0 Å². The van der Waals surface area contributed by atoms with Crippen LogP contribution in [0, 0.1) is 0 Å². The quantitative estimate of drug-likeness (QED) is 0.690. The van der Waals surface area contributed by atoms with E-state index in [0.717, 1.165) is 0 Å². The molecule has 1 rings (SSSR count). The average Bonchev–Trinajstić information content (AvgIpc) is 2.05. The van der Waals surface area contributed by atoms with Crippen molar-refractivity contribution in [2.45, 2.75) is 6.10 Å². The Bertz CT molecular complexity index is 193. The van der Waals surface area contributed by atoms with E-state index in [0.29, 0.717) is 5.56 Å². The first-order valence-electron chi connectivity index (χ1n) is 3.03. The Morgan fingerprint density at radius 1 is 1.36 bits per heavy atom. The van der Waals surface area contributed by atoms with Crippen LogP contribution >= 0.6 is 12.4 Å². The molecule has 1 unspecified atom stereocenters. The van der Waals surface area contributed by atoms with E-state index >= 15 is 0 Å². The summed E-state index contributed by atoms with van der Waals surface area (Å²) in [5, 5.41) is 17.6. The third-order valence-electron chi connectivity index (χ3n) is 1.26. The summed E-state index contributed by atoms with van der Waals surface area (Å²) in [6.07, 6.45) is 2.38. The number of pyridine rings is 1. The van der Waals surface area contributed by atoms with Gasteiger partial charge in [0.05, 0.1) is 6.61 Å². The highest BCUT2D eigenvalue weighted by molar-refractivity contribution is 5.85. The smallest absolute Gasteiger partial charge is 0.102 e. The molecule has 0 saturated carbocycles. The summed E-state index contributed by atoms with van der Waals surface area (Å²) < 4.78 is 0. The maximum absolute atomic E-state index is 9.05. The summed E-state index contributed by atoms with van der Waals surface area (Å²) in [5.74, 6) is 0. The monoisotopic (exact) mass is 175 g/mol. The zero-order valence-electron chi connectivity index (χ0n) is 5.84. The second-order valence-electron chi connectivity index (χ2n) is 1.98. The van der Waals surface area contributed by atoms with Gasteiger partial charge in [-0.3, -0.25) is 4.98 Å². The lowest BCUT2D eigenvalue weighted by Gasteiger charge is -2.04. The summed E-state index contributed by atoms with van der Waals surface area (Å²) in [6, 6.07) is 3.34. The number of hydrogen-bond donors (Lipinski definition) is 2. The van der Waals surface area contributed by atoms with Gasteiger partial charge in [-0.05, 0) is 17.7 Å². The van der Waals surface area contributed by atoms with Crippen LogP contribution in [0.3, 0.4) is 0 Å². The molecule has 0 aliphatic carbocycles. The van der Waals surface area contributed by atoms with Crippen LogP contribution in [0.2, 0.25) is 0 Å². The third kappa shape index (κ3) is 2.84. The Balaban J connectivity index is 0.000001000. The number of aliphatic hydroxyl groups excluding tert-OH is 2. The molecular weight excluding hydrogens is 166 g/mol. The summed E-state index contributed by atoms with van der Waals surface area (Å²) in [6.45, 7) is -0.246. The highest BCUT2D eigenvalue weighted by Gasteiger charge is 2.02. The topological polar surface area (TPSA) is 53.4 Å². The normalized spacial score (nSPS) is 11.8. The second-order valence-corrected chi connectivity index (χ2v) is 1.98. The number of halogens is 1. The minimum absolute atomic E-state index is 0. The lowest BCUT2D eigenvalue weighted by Crippen LogP contribution is -2.01. The van der Waals surface area contributed by atoms with Gasteiger partial charge in [0.15, 0.2) is 0 Å². The lowest BCUT2D eigenvalue weighted by molar-refractivity contribution is 0.0955. The van der Waals surface area contributed by atoms with E-state index in [4.69, 9.17) is 10.2 Å². The van der Waals surface area contributed by atoms with Gasteiger partial charge < -0.3 is 10.2 Å². The van der Waals surface area contributed by atoms with Crippen molar-refractivity contribution in [3.63, 3.8) is 0 Å². The van der Waals surface area contributed by atoms with E-state index in [1.54, 1.807) is 24.5 Å². The van der Waals surface area contributed by atoms with Crippen LogP contribution in [-0.2, 0) is 0 Å². The molecule has 0 saturated heterocycles. The largest absolute Gasteiger partial charge is 0.393 e. The van der Waals surface area contributed by atoms with Crippen molar-refractivity contribution in [2.24, 2.45) is 0 Å². The number of aromatic nitrogens is 1. The van der Waals surface area contributed by atoms with Crippen molar-refractivity contribution >= 4 is 12.4 Å². The predicted molar refractivity (Wildman–Crippen MR) is 43.5 cm³/mol. The van der Waals surface area contributed by atoms with Crippen LogP contribution in [0.1, 0.15) is 11.7 Å². The molecule has 0 spiro atoms. The molecule has 1 aromatic rings. The molecule has 0 aromatic carbocycles. The second kappa shape index (κ2) is 5.07. The Morgan fingerprint density at radius 3 is 2.36 bits per heavy atom. The van der Waals surface area contributed by atoms with E-state index < -0.39 is 6.10 Å². The van der Waals surface area contributed by atoms with Crippen molar-refractivity contribution < 1.29 is 10.2 Å². The minimum Gasteiger partial charge on any atom is -0.393 e. The van der Waals surface area contributed by atoms with Gasteiger partial charge in [-0.1, -0.05) is 0 Å². The van der Waals surface area contributed by atoms with Gasteiger partial charge in [0.25, 0.3) is 0 Å². The van der Waals surface area contributed by atoms with Crippen LogP contribution in [-0.4, -0.2) is 21.8 Å². The van der Waals surface area contributed by atoms with Crippen molar-refractivity contribution in [2.75, 3.05) is 6.61 Å². The number of rotatable bonds is 2. The van der Waals surface area contributed by atoms with E-state index in [-0.39, 0.29) is 19.0 Å². The van der Waals surface area contributed by atoms with Crippen molar-refractivity contribution in [1.29, 1.82) is 0 Å². The van der Waals surface area contributed by atoms with Gasteiger partial charge in [0.2, 0.25) is 0 Å². The highest BCUT2D eigenvalue weighted by Crippen LogP contribution is 2.08. The molecule has 0 aliphatic heterocycles. The highest BCUT2D eigenvalue weighted by atomic mass is 35.5. The standard InChI is InChI=1S/C7H9NO2.ClH/c9-5-7(10)6-1-3-8-4-2-6;/h1-4,7,9-10H,5H2;1H. The van der Waals surface area contributed by atoms with Gasteiger partial charge in [0, 0.05) is 12.4 Å². The Kier molecular flexibility index (Phi) is 4.77. The number of nitrogens with zero attached hydrogens (tertiary/aromatic N) is 1. The lowest BCUT2D eigenvalue weighted by atomic mass is 10.2.